The van der Waals surface area contributed by atoms with Gasteiger partial charge in [-0.05, 0) is 30.9 Å². The van der Waals surface area contributed by atoms with E-state index >= 15 is 0 Å². The molecule has 2 aromatic rings. The van der Waals surface area contributed by atoms with Crippen molar-refractivity contribution in [3.05, 3.63) is 75.8 Å². The van der Waals surface area contributed by atoms with Gasteiger partial charge in [0.1, 0.15) is 5.56 Å². The number of hydrogen-bond donors (Lipinski definition) is 2. The zero-order valence-corrected chi connectivity index (χ0v) is 16.3. The molecule has 0 fully saturated rings. The molecular formula is C21H23N3O6. The molecule has 0 aliphatic rings. The lowest BCUT2D eigenvalue weighted by atomic mass is 10.1. The SMILES string of the molecule is O=C(CCCC(=O)OCCCc1ccccc1)NNC(=O)c1ccccc1[N+](=O)[O-]. The average molecular weight is 413 g/mol. The Balaban J connectivity index is 1.60. The van der Waals surface area contributed by atoms with Gasteiger partial charge in [0.05, 0.1) is 11.5 Å². The van der Waals surface area contributed by atoms with Gasteiger partial charge in [-0.1, -0.05) is 42.5 Å². The van der Waals surface area contributed by atoms with Crippen LogP contribution < -0.4 is 10.9 Å². The van der Waals surface area contributed by atoms with Crippen molar-refractivity contribution < 1.29 is 24.0 Å². The minimum absolute atomic E-state index is 0.00369. The van der Waals surface area contributed by atoms with Crippen molar-refractivity contribution in [2.75, 3.05) is 6.61 Å². The van der Waals surface area contributed by atoms with E-state index in [4.69, 9.17) is 4.74 Å². The maximum Gasteiger partial charge on any atom is 0.305 e. The number of para-hydroxylation sites is 1. The van der Waals surface area contributed by atoms with E-state index in [2.05, 4.69) is 10.9 Å². The molecule has 2 amide bonds. The lowest BCUT2D eigenvalue weighted by Crippen LogP contribution is -2.41. The Kier molecular flexibility index (Phi) is 8.98. The summed E-state index contributed by atoms with van der Waals surface area (Å²) in [5.41, 5.74) is 4.96. The molecule has 0 radical (unpaired) electrons. The van der Waals surface area contributed by atoms with E-state index in [1.165, 1.54) is 29.8 Å². The molecule has 0 atom stereocenters. The summed E-state index contributed by atoms with van der Waals surface area (Å²) < 4.78 is 5.13. The maximum absolute atomic E-state index is 12.0. The molecule has 0 saturated carbocycles. The van der Waals surface area contributed by atoms with Crippen LogP contribution in [0.3, 0.4) is 0 Å². The van der Waals surface area contributed by atoms with Gasteiger partial charge in [0.15, 0.2) is 0 Å². The van der Waals surface area contributed by atoms with E-state index in [0.29, 0.717) is 13.0 Å². The van der Waals surface area contributed by atoms with Gasteiger partial charge in [0, 0.05) is 18.9 Å². The molecule has 30 heavy (non-hydrogen) atoms. The summed E-state index contributed by atoms with van der Waals surface area (Å²) in [4.78, 5) is 45.7. The standard InChI is InChI=1S/C21H23N3O6/c25-19(22-23-21(27)17-11-4-5-12-18(17)24(28)29)13-6-14-20(26)30-15-7-10-16-8-2-1-3-9-16/h1-5,8-9,11-12H,6-7,10,13-15H2,(H,22,25)(H,23,27). The van der Waals surface area contributed by atoms with Crippen LogP contribution >= 0.6 is 0 Å². The fourth-order valence-electron chi connectivity index (χ4n) is 2.65. The number of carbonyl (C=O) groups is 3. The van der Waals surface area contributed by atoms with Crippen molar-refractivity contribution in [2.24, 2.45) is 0 Å². The van der Waals surface area contributed by atoms with Crippen LogP contribution in [0.1, 0.15) is 41.6 Å². The second-order valence-electron chi connectivity index (χ2n) is 6.44. The predicted molar refractivity (Wildman–Crippen MR) is 108 cm³/mol. The van der Waals surface area contributed by atoms with Gasteiger partial charge < -0.3 is 4.74 Å². The summed E-state index contributed by atoms with van der Waals surface area (Å²) in [6.07, 6.45) is 1.86. The summed E-state index contributed by atoms with van der Waals surface area (Å²) >= 11 is 0. The second kappa shape index (κ2) is 11.9. The summed E-state index contributed by atoms with van der Waals surface area (Å²) in [6.45, 7) is 0.311. The fraction of sp³-hybridized carbons (Fsp3) is 0.286. The number of nitro groups is 1. The third-order valence-corrected chi connectivity index (χ3v) is 4.16. The zero-order valence-electron chi connectivity index (χ0n) is 16.3. The highest BCUT2D eigenvalue weighted by molar-refractivity contribution is 5.98. The zero-order chi connectivity index (χ0) is 21.8. The topological polar surface area (TPSA) is 128 Å². The molecule has 0 unspecified atom stereocenters. The number of carbonyl (C=O) groups excluding carboxylic acids is 3. The van der Waals surface area contributed by atoms with E-state index in [1.54, 1.807) is 0 Å². The van der Waals surface area contributed by atoms with Crippen LogP contribution in [-0.4, -0.2) is 29.3 Å². The van der Waals surface area contributed by atoms with Crippen molar-refractivity contribution in [1.29, 1.82) is 0 Å². The minimum Gasteiger partial charge on any atom is -0.466 e. The Morgan fingerprint density at radius 2 is 1.60 bits per heavy atom. The summed E-state index contributed by atoms with van der Waals surface area (Å²) in [5.74, 6) is -1.70. The summed E-state index contributed by atoms with van der Waals surface area (Å²) in [7, 11) is 0. The van der Waals surface area contributed by atoms with Crippen molar-refractivity contribution in [3.8, 4) is 0 Å². The second-order valence-corrected chi connectivity index (χ2v) is 6.44. The number of nitrogens with one attached hydrogen (secondary N) is 2. The molecule has 9 heteroatoms. The minimum atomic E-state index is -0.798. The smallest absolute Gasteiger partial charge is 0.305 e. The predicted octanol–water partition coefficient (Wildman–Crippen LogP) is 2.70. The largest absolute Gasteiger partial charge is 0.466 e. The van der Waals surface area contributed by atoms with E-state index in [-0.39, 0.29) is 36.5 Å². The van der Waals surface area contributed by atoms with Gasteiger partial charge in [-0.15, -0.1) is 0 Å². The van der Waals surface area contributed by atoms with Crippen molar-refractivity contribution in [2.45, 2.75) is 32.1 Å². The fourth-order valence-corrected chi connectivity index (χ4v) is 2.65. The quantitative estimate of drug-likeness (QED) is 0.267. The van der Waals surface area contributed by atoms with Gasteiger partial charge in [-0.2, -0.15) is 0 Å². The molecule has 158 valence electrons. The lowest BCUT2D eigenvalue weighted by Gasteiger charge is -2.08. The third-order valence-electron chi connectivity index (χ3n) is 4.16. The van der Waals surface area contributed by atoms with Crippen LogP contribution in [0.5, 0.6) is 0 Å². The van der Waals surface area contributed by atoms with Crippen molar-refractivity contribution in [1.82, 2.24) is 10.9 Å². The Labute approximate surface area is 173 Å². The number of hydrogen-bond acceptors (Lipinski definition) is 6. The van der Waals surface area contributed by atoms with Crippen molar-refractivity contribution in [3.63, 3.8) is 0 Å². The van der Waals surface area contributed by atoms with Crippen LogP contribution in [0.4, 0.5) is 5.69 Å². The molecule has 0 heterocycles. The van der Waals surface area contributed by atoms with Gasteiger partial charge in [0.25, 0.3) is 11.6 Å². The highest BCUT2D eigenvalue weighted by Gasteiger charge is 2.19. The molecule has 0 aliphatic heterocycles. The summed E-state index contributed by atoms with van der Waals surface area (Å²) in [5, 5.41) is 10.9. The number of amides is 2. The lowest BCUT2D eigenvalue weighted by molar-refractivity contribution is -0.385. The van der Waals surface area contributed by atoms with Gasteiger partial charge in [-0.3, -0.25) is 35.3 Å². The maximum atomic E-state index is 12.0. The van der Waals surface area contributed by atoms with E-state index < -0.39 is 16.7 Å². The normalized spacial score (nSPS) is 10.1. The highest BCUT2D eigenvalue weighted by atomic mass is 16.6. The molecule has 0 spiro atoms. The first kappa shape index (κ1) is 22.5. The molecule has 0 saturated heterocycles. The van der Waals surface area contributed by atoms with Gasteiger partial charge >= 0.3 is 5.97 Å². The van der Waals surface area contributed by atoms with E-state index in [0.717, 1.165) is 6.42 Å². The number of nitro benzene ring substituents is 1. The van der Waals surface area contributed by atoms with Crippen LogP contribution in [0.25, 0.3) is 0 Å². The highest BCUT2D eigenvalue weighted by Crippen LogP contribution is 2.16. The summed E-state index contributed by atoms with van der Waals surface area (Å²) in [6, 6.07) is 15.3. The number of ether oxygens (including phenoxy) is 1. The molecule has 0 bridgehead atoms. The first-order valence-electron chi connectivity index (χ1n) is 9.49. The van der Waals surface area contributed by atoms with E-state index in [1.807, 2.05) is 30.3 Å². The number of nitrogens with zero attached hydrogens (tertiary/aromatic N) is 1. The number of esters is 1. The Hall–Kier alpha value is -3.75. The Morgan fingerprint density at radius 1 is 0.900 bits per heavy atom. The molecule has 9 nitrogen and oxygen atoms in total. The van der Waals surface area contributed by atoms with Crippen molar-refractivity contribution >= 4 is 23.5 Å². The first-order chi connectivity index (χ1) is 14.5. The number of hydrazine groups is 1. The molecule has 2 rings (SSSR count). The Bertz CT molecular complexity index is 885. The van der Waals surface area contributed by atoms with Gasteiger partial charge in [-0.25, -0.2) is 0 Å². The van der Waals surface area contributed by atoms with Crippen LogP contribution in [-0.2, 0) is 20.7 Å². The van der Waals surface area contributed by atoms with Crippen LogP contribution in [0.15, 0.2) is 54.6 Å². The molecule has 2 N–H and O–H groups in total. The first-order valence-corrected chi connectivity index (χ1v) is 9.49. The number of aryl methyl sites for hydroxylation is 1. The molecule has 2 aromatic carbocycles. The third kappa shape index (κ3) is 7.70. The number of rotatable bonds is 10. The van der Waals surface area contributed by atoms with Crippen LogP contribution in [0.2, 0.25) is 0 Å². The molecule has 0 aliphatic carbocycles. The molecule has 0 aromatic heterocycles. The number of benzene rings is 2. The average Bonchev–Trinajstić information content (AvgIpc) is 2.75. The van der Waals surface area contributed by atoms with Gasteiger partial charge in [0.2, 0.25) is 5.91 Å². The van der Waals surface area contributed by atoms with Crippen LogP contribution in [0, 0.1) is 10.1 Å². The Morgan fingerprint density at radius 3 is 2.33 bits per heavy atom. The monoisotopic (exact) mass is 413 g/mol. The van der Waals surface area contributed by atoms with E-state index in [9.17, 15) is 24.5 Å². The molecular weight excluding hydrogens is 390 g/mol.